The Hall–Kier alpha value is -1.87. The Morgan fingerprint density at radius 2 is 2.22 bits per heavy atom. The molecule has 1 aliphatic heterocycles. The monoisotopic (exact) mass is 240 g/mol. The summed E-state index contributed by atoms with van der Waals surface area (Å²) >= 11 is 0. The zero-order chi connectivity index (χ0) is 12.5. The first kappa shape index (κ1) is 11.2. The Bertz CT molecular complexity index is 580. The molecule has 0 saturated carbocycles. The number of rotatable bonds is 1. The van der Waals surface area contributed by atoms with Gasteiger partial charge in [0.05, 0.1) is 5.69 Å². The number of aromatic nitrogens is 1. The Labute approximate surface area is 107 Å². The maximum absolute atomic E-state index is 6.00. The second-order valence-electron chi connectivity index (χ2n) is 4.74. The number of aryl methyl sites for hydroxylation is 1. The van der Waals surface area contributed by atoms with Crippen molar-refractivity contribution in [3.8, 4) is 11.5 Å². The second-order valence-corrected chi connectivity index (χ2v) is 4.74. The van der Waals surface area contributed by atoms with Crippen molar-refractivity contribution in [1.29, 1.82) is 0 Å². The third kappa shape index (κ3) is 1.87. The summed E-state index contributed by atoms with van der Waals surface area (Å²) in [6, 6.07) is 10.2. The van der Waals surface area contributed by atoms with Gasteiger partial charge in [0, 0.05) is 18.7 Å². The van der Waals surface area contributed by atoms with Gasteiger partial charge in [-0.2, -0.15) is 0 Å². The fraction of sp³-hybridized carbons (Fsp3) is 0.267. The highest BCUT2D eigenvalue weighted by molar-refractivity contribution is 5.46. The molecule has 2 N–H and O–H groups in total. The molecule has 0 aliphatic carbocycles. The average molecular weight is 240 g/mol. The van der Waals surface area contributed by atoms with E-state index < -0.39 is 0 Å². The molecule has 0 fully saturated rings. The lowest BCUT2D eigenvalue weighted by atomic mass is 9.95. The smallest absolute Gasteiger partial charge is 0.149 e. The fourth-order valence-corrected chi connectivity index (χ4v) is 2.40. The van der Waals surface area contributed by atoms with Crippen LogP contribution in [-0.4, -0.2) is 11.5 Å². The standard InChI is InChI=1S/C15H16N2O/c1-10-4-5-11-8-12(9-16)15-13(3-2-6-17-15)18-14(11)7-10/h2-7,12H,8-9,16H2,1H3/t12-/m0/s1. The van der Waals surface area contributed by atoms with E-state index in [0.29, 0.717) is 6.54 Å². The van der Waals surface area contributed by atoms with Crippen LogP contribution < -0.4 is 10.5 Å². The van der Waals surface area contributed by atoms with E-state index in [-0.39, 0.29) is 5.92 Å². The Morgan fingerprint density at radius 1 is 1.33 bits per heavy atom. The van der Waals surface area contributed by atoms with Gasteiger partial charge in [-0.25, -0.2) is 0 Å². The summed E-state index contributed by atoms with van der Waals surface area (Å²) in [6.45, 7) is 2.65. The van der Waals surface area contributed by atoms with Crippen molar-refractivity contribution < 1.29 is 4.74 Å². The number of nitrogens with zero attached hydrogens (tertiary/aromatic N) is 1. The predicted molar refractivity (Wildman–Crippen MR) is 71.0 cm³/mol. The predicted octanol–water partition coefficient (Wildman–Crippen LogP) is 2.78. The quantitative estimate of drug-likeness (QED) is 0.833. The molecule has 2 heterocycles. The summed E-state index contributed by atoms with van der Waals surface area (Å²) in [5, 5.41) is 0. The van der Waals surface area contributed by atoms with E-state index in [1.54, 1.807) is 6.20 Å². The zero-order valence-electron chi connectivity index (χ0n) is 10.4. The molecule has 0 amide bonds. The van der Waals surface area contributed by atoms with Gasteiger partial charge in [0.25, 0.3) is 0 Å². The largest absolute Gasteiger partial charge is 0.455 e. The first-order chi connectivity index (χ1) is 8.78. The third-order valence-electron chi connectivity index (χ3n) is 3.38. The number of hydrogen-bond acceptors (Lipinski definition) is 3. The highest BCUT2D eigenvalue weighted by Gasteiger charge is 2.23. The maximum atomic E-state index is 6.00. The topological polar surface area (TPSA) is 48.1 Å². The number of pyridine rings is 1. The Kier molecular flexibility index (Phi) is 2.76. The molecule has 1 aromatic heterocycles. The van der Waals surface area contributed by atoms with E-state index in [0.717, 1.165) is 23.6 Å². The summed E-state index contributed by atoms with van der Waals surface area (Å²) in [4.78, 5) is 4.43. The SMILES string of the molecule is Cc1ccc2c(c1)Oc1cccnc1[C@H](CN)C2. The van der Waals surface area contributed by atoms with Crippen LogP contribution in [0, 0.1) is 6.92 Å². The Balaban J connectivity index is 2.13. The summed E-state index contributed by atoms with van der Waals surface area (Å²) in [6.07, 6.45) is 2.68. The number of benzene rings is 1. The minimum absolute atomic E-state index is 0.227. The maximum Gasteiger partial charge on any atom is 0.149 e. The van der Waals surface area contributed by atoms with Gasteiger partial charge >= 0.3 is 0 Å². The number of ether oxygens (including phenoxy) is 1. The molecule has 3 nitrogen and oxygen atoms in total. The molecule has 3 heteroatoms. The van der Waals surface area contributed by atoms with E-state index in [1.807, 2.05) is 12.1 Å². The van der Waals surface area contributed by atoms with Gasteiger partial charge in [-0.15, -0.1) is 0 Å². The van der Waals surface area contributed by atoms with Crippen molar-refractivity contribution in [1.82, 2.24) is 4.98 Å². The van der Waals surface area contributed by atoms with Crippen LogP contribution in [0.25, 0.3) is 0 Å². The molecule has 0 bridgehead atoms. The van der Waals surface area contributed by atoms with Crippen LogP contribution >= 0.6 is 0 Å². The minimum Gasteiger partial charge on any atom is -0.455 e. The van der Waals surface area contributed by atoms with Gasteiger partial charge in [0.2, 0.25) is 0 Å². The van der Waals surface area contributed by atoms with Crippen LogP contribution in [0.4, 0.5) is 0 Å². The van der Waals surface area contributed by atoms with Crippen LogP contribution in [0.1, 0.15) is 22.7 Å². The van der Waals surface area contributed by atoms with Gasteiger partial charge in [0.1, 0.15) is 11.5 Å². The minimum atomic E-state index is 0.227. The van der Waals surface area contributed by atoms with Gasteiger partial charge in [-0.1, -0.05) is 12.1 Å². The van der Waals surface area contributed by atoms with Gasteiger partial charge in [0.15, 0.2) is 0 Å². The molecule has 1 atom stereocenters. The molecule has 92 valence electrons. The van der Waals surface area contributed by atoms with Crippen LogP contribution in [0.15, 0.2) is 36.5 Å². The van der Waals surface area contributed by atoms with E-state index in [9.17, 15) is 0 Å². The zero-order valence-corrected chi connectivity index (χ0v) is 10.4. The highest BCUT2D eigenvalue weighted by atomic mass is 16.5. The summed E-state index contributed by atoms with van der Waals surface area (Å²) in [7, 11) is 0. The van der Waals surface area contributed by atoms with E-state index in [1.165, 1.54) is 11.1 Å². The van der Waals surface area contributed by atoms with Crippen molar-refractivity contribution in [2.24, 2.45) is 5.73 Å². The molecule has 2 aromatic rings. The molecule has 1 aromatic carbocycles. The van der Waals surface area contributed by atoms with Crippen molar-refractivity contribution >= 4 is 0 Å². The van der Waals surface area contributed by atoms with Crippen molar-refractivity contribution in [2.45, 2.75) is 19.3 Å². The Morgan fingerprint density at radius 3 is 3.06 bits per heavy atom. The fourth-order valence-electron chi connectivity index (χ4n) is 2.40. The lowest BCUT2D eigenvalue weighted by molar-refractivity contribution is 0.474. The van der Waals surface area contributed by atoms with Crippen molar-refractivity contribution in [3.63, 3.8) is 0 Å². The van der Waals surface area contributed by atoms with Crippen molar-refractivity contribution in [3.05, 3.63) is 53.3 Å². The molecule has 18 heavy (non-hydrogen) atoms. The van der Waals surface area contributed by atoms with E-state index >= 15 is 0 Å². The van der Waals surface area contributed by atoms with Gasteiger partial charge < -0.3 is 10.5 Å². The number of hydrogen-bond donors (Lipinski definition) is 1. The first-order valence-corrected chi connectivity index (χ1v) is 6.20. The molecule has 1 aliphatic rings. The number of fused-ring (bicyclic) bond motifs is 2. The summed E-state index contributed by atoms with van der Waals surface area (Å²) in [5.41, 5.74) is 9.25. The lowest BCUT2D eigenvalue weighted by Gasteiger charge is -2.12. The highest BCUT2D eigenvalue weighted by Crippen LogP contribution is 2.37. The number of nitrogens with two attached hydrogens (primary N) is 1. The molecular weight excluding hydrogens is 224 g/mol. The third-order valence-corrected chi connectivity index (χ3v) is 3.38. The normalized spacial score (nSPS) is 17.3. The van der Waals surface area contributed by atoms with Crippen molar-refractivity contribution in [2.75, 3.05) is 6.54 Å². The lowest BCUT2D eigenvalue weighted by Crippen LogP contribution is -2.15. The molecule has 0 unspecified atom stereocenters. The van der Waals surface area contributed by atoms with E-state index in [2.05, 4.69) is 30.1 Å². The van der Waals surface area contributed by atoms with Crippen LogP contribution in [0.3, 0.4) is 0 Å². The van der Waals surface area contributed by atoms with Crippen LogP contribution in [0.5, 0.6) is 11.5 Å². The van der Waals surface area contributed by atoms with Gasteiger partial charge in [-0.05, 0) is 42.7 Å². The molecule has 0 spiro atoms. The molecular formula is C15H16N2O. The van der Waals surface area contributed by atoms with Crippen LogP contribution in [0.2, 0.25) is 0 Å². The molecule has 0 radical (unpaired) electrons. The summed E-state index contributed by atoms with van der Waals surface area (Å²) in [5.74, 6) is 1.99. The van der Waals surface area contributed by atoms with Crippen LogP contribution in [-0.2, 0) is 6.42 Å². The first-order valence-electron chi connectivity index (χ1n) is 6.20. The molecule has 0 saturated heterocycles. The van der Waals surface area contributed by atoms with E-state index in [4.69, 9.17) is 10.5 Å². The van der Waals surface area contributed by atoms with Gasteiger partial charge in [-0.3, -0.25) is 4.98 Å². The molecule has 3 rings (SSSR count). The second kappa shape index (κ2) is 4.42. The summed E-state index contributed by atoms with van der Waals surface area (Å²) < 4.78 is 6.00. The average Bonchev–Trinajstić information content (AvgIpc) is 2.54.